The second-order valence-electron chi connectivity index (χ2n) is 5.09. The molecular weight excluding hydrogens is 253 g/mol. The summed E-state index contributed by atoms with van der Waals surface area (Å²) < 4.78 is 37.6. The average molecular weight is 272 g/mol. The number of likely N-dealkylation sites (N-methyl/N-ethyl adjacent to an activating group) is 1. The summed E-state index contributed by atoms with van der Waals surface area (Å²) in [5, 5.41) is 3.18. The van der Waals surface area contributed by atoms with Crippen molar-refractivity contribution < 1.29 is 13.2 Å². The second-order valence-corrected chi connectivity index (χ2v) is 5.09. The van der Waals surface area contributed by atoms with Crippen LogP contribution in [0.25, 0.3) is 0 Å². The largest absolute Gasteiger partial charge is 0.416 e. The summed E-state index contributed by atoms with van der Waals surface area (Å²) in [6.07, 6.45) is -1.73. The fourth-order valence-corrected chi connectivity index (χ4v) is 2.04. The Morgan fingerprint density at radius 1 is 1.32 bits per heavy atom. The minimum Gasteiger partial charge on any atom is -0.311 e. The SMILES string of the molecule is CN(CCNCc1cccc(C(F)(F)F)c1)C1CC1. The van der Waals surface area contributed by atoms with Gasteiger partial charge in [0.1, 0.15) is 0 Å². The first kappa shape index (κ1) is 14.3. The number of hydrogen-bond acceptors (Lipinski definition) is 2. The molecule has 0 amide bonds. The van der Waals surface area contributed by atoms with E-state index >= 15 is 0 Å². The van der Waals surface area contributed by atoms with E-state index in [-0.39, 0.29) is 0 Å². The van der Waals surface area contributed by atoms with Gasteiger partial charge in [0, 0.05) is 25.7 Å². The summed E-state index contributed by atoms with van der Waals surface area (Å²) in [5.74, 6) is 0. The van der Waals surface area contributed by atoms with Crippen molar-refractivity contribution in [3.05, 3.63) is 35.4 Å². The molecule has 5 heteroatoms. The molecule has 106 valence electrons. The van der Waals surface area contributed by atoms with Gasteiger partial charge < -0.3 is 10.2 Å². The number of hydrogen-bond donors (Lipinski definition) is 1. The highest BCUT2D eigenvalue weighted by atomic mass is 19.4. The topological polar surface area (TPSA) is 15.3 Å². The quantitative estimate of drug-likeness (QED) is 0.801. The molecule has 1 saturated carbocycles. The van der Waals surface area contributed by atoms with Gasteiger partial charge in [0.15, 0.2) is 0 Å². The first-order valence-electron chi connectivity index (χ1n) is 6.54. The minimum absolute atomic E-state index is 0.475. The smallest absolute Gasteiger partial charge is 0.311 e. The monoisotopic (exact) mass is 272 g/mol. The van der Waals surface area contributed by atoms with E-state index < -0.39 is 11.7 Å². The zero-order valence-corrected chi connectivity index (χ0v) is 11.0. The molecule has 0 bridgehead atoms. The molecule has 0 heterocycles. The summed E-state index contributed by atoms with van der Waals surface area (Å²) in [6, 6.07) is 6.20. The van der Waals surface area contributed by atoms with Crippen molar-refractivity contribution in [2.75, 3.05) is 20.1 Å². The Morgan fingerprint density at radius 3 is 2.68 bits per heavy atom. The van der Waals surface area contributed by atoms with Gasteiger partial charge in [0.2, 0.25) is 0 Å². The Hall–Kier alpha value is -1.07. The second kappa shape index (κ2) is 5.92. The number of nitrogens with one attached hydrogen (secondary N) is 1. The summed E-state index contributed by atoms with van der Waals surface area (Å²) in [6.45, 7) is 2.20. The van der Waals surface area contributed by atoms with Crippen LogP contribution in [0.2, 0.25) is 0 Å². The third-order valence-electron chi connectivity index (χ3n) is 3.39. The lowest BCUT2D eigenvalue weighted by molar-refractivity contribution is -0.137. The number of nitrogens with zero attached hydrogens (tertiary/aromatic N) is 1. The Morgan fingerprint density at radius 2 is 2.05 bits per heavy atom. The van der Waals surface area contributed by atoms with Crippen LogP contribution in [0.1, 0.15) is 24.0 Å². The molecule has 0 saturated heterocycles. The van der Waals surface area contributed by atoms with Gasteiger partial charge in [0.25, 0.3) is 0 Å². The van der Waals surface area contributed by atoms with E-state index in [1.165, 1.54) is 25.0 Å². The first-order valence-corrected chi connectivity index (χ1v) is 6.54. The Bertz CT molecular complexity index is 413. The number of rotatable bonds is 6. The third-order valence-corrected chi connectivity index (χ3v) is 3.39. The molecule has 0 aromatic heterocycles. The number of alkyl halides is 3. The van der Waals surface area contributed by atoms with Crippen molar-refractivity contribution in [3.63, 3.8) is 0 Å². The normalized spacial score (nSPS) is 16.1. The highest BCUT2D eigenvalue weighted by molar-refractivity contribution is 5.25. The van der Waals surface area contributed by atoms with E-state index in [0.717, 1.165) is 25.2 Å². The Labute approximate surface area is 111 Å². The van der Waals surface area contributed by atoms with Gasteiger partial charge >= 0.3 is 6.18 Å². The first-order chi connectivity index (χ1) is 8.97. The summed E-state index contributed by atoms with van der Waals surface area (Å²) in [5.41, 5.74) is 0.0887. The van der Waals surface area contributed by atoms with Crippen LogP contribution in [0.3, 0.4) is 0 Å². The van der Waals surface area contributed by atoms with Gasteiger partial charge in [-0.2, -0.15) is 13.2 Å². The van der Waals surface area contributed by atoms with Crippen LogP contribution in [-0.2, 0) is 12.7 Å². The van der Waals surface area contributed by atoms with Crippen molar-refractivity contribution in [1.82, 2.24) is 10.2 Å². The fourth-order valence-electron chi connectivity index (χ4n) is 2.04. The van der Waals surface area contributed by atoms with Crippen molar-refractivity contribution in [2.24, 2.45) is 0 Å². The highest BCUT2D eigenvalue weighted by Crippen LogP contribution is 2.29. The van der Waals surface area contributed by atoms with Gasteiger partial charge in [0.05, 0.1) is 5.56 Å². The fraction of sp³-hybridized carbons (Fsp3) is 0.571. The van der Waals surface area contributed by atoms with Crippen LogP contribution in [-0.4, -0.2) is 31.1 Å². The van der Waals surface area contributed by atoms with E-state index in [9.17, 15) is 13.2 Å². The molecule has 1 N–H and O–H groups in total. The van der Waals surface area contributed by atoms with Crippen molar-refractivity contribution in [1.29, 1.82) is 0 Å². The average Bonchev–Trinajstić information content (AvgIpc) is 3.18. The van der Waals surface area contributed by atoms with E-state index in [1.54, 1.807) is 6.07 Å². The number of benzene rings is 1. The molecule has 0 radical (unpaired) electrons. The molecule has 19 heavy (non-hydrogen) atoms. The van der Waals surface area contributed by atoms with Gasteiger partial charge in [-0.1, -0.05) is 18.2 Å². The molecule has 2 nitrogen and oxygen atoms in total. The van der Waals surface area contributed by atoms with Crippen molar-refractivity contribution in [3.8, 4) is 0 Å². The lowest BCUT2D eigenvalue weighted by atomic mass is 10.1. The minimum atomic E-state index is -4.26. The molecule has 1 aliphatic carbocycles. The molecule has 0 aliphatic heterocycles. The maximum absolute atomic E-state index is 12.5. The number of halogens is 3. The Balaban J connectivity index is 1.76. The third kappa shape index (κ3) is 4.51. The van der Waals surface area contributed by atoms with Gasteiger partial charge in [-0.3, -0.25) is 0 Å². The standard InChI is InChI=1S/C14H19F3N2/c1-19(13-5-6-13)8-7-18-10-11-3-2-4-12(9-11)14(15,16)17/h2-4,9,13,18H,5-8,10H2,1H3. The van der Waals surface area contributed by atoms with E-state index in [2.05, 4.69) is 17.3 Å². The molecule has 1 aromatic rings. The van der Waals surface area contributed by atoms with Crippen LogP contribution in [0.4, 0.5) is 13.2 Å². The Kier molecular flexibility index (Phi) is 4.47. The lowest BCUT2D eigenvalue weighted by Gasteiger charge is -2.16. The molecule has 0 atom stereocenters. The molecule has 2 rings (SSSR count). The molecule has 1 aliphatic rings. The zero-order chi connectivity index (χ0) is 13.9. The van der Waals surface area contributed by atoms with Crippen molar-refractivity contribution >= 4 is 0 Å². The van der Waals surface area contributed by atoms with Crippen LogP contribution in [0.15, 0.2) is 24.3 Å². The van der Waals surface area contributed by atoms with E-state index in [1.807, 2.05) is 0 Å². The van der Waals surface area contributed by atoms with Crippen LogP contribution < -0.4 is 5.32 Å². The van der Waals surface area contributed by atoms with E-state index in [0.29, 0.717) is 12.1 Å². The lowest BCUT2D eigenvalue weighted by Crippen LogP contribution is -2.30. The predicted octanol–water partition coefficient (Wildman–Crippen LogP) is 2.89. The van der Waals surface area contributed by atoms with Gasteiger partial charge in [-0.15, -0.1) is 0 Å². The van der Waals surface area contributed by atoms with Crippen LogP contribution >= 0.6 is 0 Å². The zero-order valence-electron chi connectivity index (χ0n) is 11.0. The van der Waals surface area contributed by atoms with Crippen molar-refractivity contribution in [2.45, 2.75) is 31.6 Å². The van der Waals surface area contributed by atoms with E-state index in [4.69, 9.17) is 0 Å². The summed E-state index contributed by atoms with van der Waals surface area (Å²) in [4.78, 5) is 2.29. The van der Waals surface area contributed by atoms with Crippen LogP contribution in [0.5, 0.6) is 0 Å². The molecular formula is C14H19F3N2. The highest BCUT2D eigenvalue weighted by Gasteiger charge is 2.30. The molecule has 1 fully saturated rings. The summed E-state index contributed by atoms with van der Waals surface area (Å²) >= 11 is 0. The molecule has 1 aromatic carbocycles. The molecule has 0 spiro atoms. The molecule has 0 unspecified atom stereocenters. The maximum atomic E-state index is 12.5. The summed E-state index contributed by atoms with van der Waals surface area (Å²) in [7, 11) is 2.09. The predicted molar refractivity (Wildman–Crippen MR) is 68.8 cm³/mol. The van der Waals surface area contributed by atoms with Crippen LogP contribution in [0, 0.1) is 0 Å². The maximum Gasteiger partial charge on any atom is 0.416 e. The van der Waals surface area contributed by atoms with Gasteiger partial charge in [-0.25, -0.2) is 0 Å². The van der Waals surface area contributed by atoms with Gasteiger partial charge in [-0.05, 0) is 31.5 Å².